The van der Waals surface area contributed by atoms with E-state index in [2.05, 4.69) is 20.6 Å². The SMILES string of the molecule is CC(C)c1nc(NCCNC2CC2)cc(=O)[nH]1. The number of hydrogen-bond donors (Lipinski definition) is 3. The van der Waals surface area contributed by atoms with Gasteiger partial charge in [0.25, 0.3) is 5.56 Å². The van der Waals surface area contributed by atoms with Gasteiger partial charge >= 0.3 is 0 Å². The summed E-state index contributed by atoms with van der Waals surface area (Å²) in [7, 11) is 0. The average molecular weight is 236 g/mol. The Morgan fingerprint density at radius 3 is 2.88 bits per heavy atom. The van der Waals surface area contributed by atoms with Gasteiger partial charge in [-0.3, -0.25) is 4.79 Å². The molecule has 1 aromatic rings. The Labute approximate surface area is 101 Å². The fraction of sp³-hybridized carbons (Fsp3) is 0.667. The standard InChI is InChI=1S/C12H20N4O/c1-8(2)12-15-10(7-11(17)16-12)14-6-5-13-9-3-4-9/h7-9,13H,3-6H2,1-2H3,(H2,14,15,16,17). The van der Waals surface area contributed by atoms with E-state index in [-0.39, 0.29) is 11.5 Å². The number of aromatic amines is 1. The predicted octanol–water partition coefficient (Wildman–Crippen LogP) is 1.06. The Bertz CT molecular complexity index is 423. The highest BCUT2D eigenvalue weighted by Crippen LogP contribution is 2.17. The van der Waals surface area contributed by atoms with E-state index in [1.54, 1.807) is 0 Å². The summed E-state index contributed by atoms with van der Waals surface area (Å²) in [6.07, 6.45) is 2.58. The van der Waals surface area contributed by atoms with Crippen molar-refractivity contribution in [2.75, 3.05) is 18.4 Å². The molecule has 0 atom stereocenters. The smallest absolute Gasteiger partial charge is 0.252 e. The minimum absolute atomic E-state index is 0.0960. The lowest BCUT2D eigenvalue weighted by molar-refractivity contribution is 0.698. The third-order valence-corrected chi connectivity index (χ3v) is 2.75. The van der Waals surface area contributed by atoms with Gasteiger partial charge in [0.1, 0.15) is 11.6 Å². The van der Waals surface area contributed by atoms with Gasteiger partial charge in [0.05, 0.1) is 0 Å². The quantitative estimate of drug-likeness (QED) is 0.646. The van der Waals surface area contributed by atoms with Crippen LogP contribution in [0.1, 0.15) is 38.4 Å². The molecule has 1 aliphatic rings. The van der Waals surface area contributed by atoms with Gasteiger partial charge in [-0.05, 0) is 12.8 Å². The lowest BCUT2D eigenvalue weighted by Crippen LogP contribution is -2.25. The molecule has 0 radical (unpaired) electrons. The zero-order chi connectivity index (χ0) is 12.3. The Kier molecular flexibility index (Phi) is 3.78. The lowest BCUT2D eigenvalue weighted by Gasteiger charge is -2.09. The average Bonchev–Trinajstić information content (AvgIpc) is 3.07. The molecule has 94 valence electrons. The van der Waals surface area contributed by atoms with Crippen LogP contribution in [-0.2, 0) is 0 Å². The fourth-order valence-corrected chi connectivity index (χ4v) is 1.59. The Morgan fingerprint density at radius 1 is 1.47 bits per heavy atom. The van der Waals surface area contributed by atoms with Crippen molar-refractivity contribution in [1.82, 2.24) is 15.3 Å². The maximum Gasteiger partial charge on any atom is 0.252 e. The van der Waals surface area contributed by atoms with Crippen LogP contribution >= 0.6 is 0 Å². The zero-order valence-corrected chi connectivity index (χ0v) is 10.4. The van der Waals surface area contributed by atoms with Crippen molar-refractivity contribution in [1.29, 1.82) is 0 Å². The first-order chi connectivity index (χ1) is 8.15. The molecule has 0 aromatic carbocycles. The first-order valence-electron chi connectivity index (χ1n) is 6.23. The summed E-state index contributed by atoms with van der Waals surface area (Å²) in [6, 6.07) is 2.22. The topological polar surface area (TPSA) is 69.8 Å². The van der Waals surface area contributed by atoms with Crippen molar-refractivity contribution in [3.63, 3.8) is 0 Å². The largest absolute Gasteiger partial charge is 0.369 e. The summed E-state index contributed by atoms with van der Waals surface area (Å²) in [6.45, 7) is 5.73. The van der Waals surface area contributed by atoms with E-state index >= 15 is 0 Å². The maximum atomic E-state index is 11.4. The second kappa shape index (κ2) is 5.31. The van der Waals surface area contributed by atoms with E-state index in [1.165, 1.54) is 18.9 Å². The van der Waals surface area contributed by atoms with Crippen LogP contribution in [0, 0.1) is 0 Å². The van der Waals surface area contributed by atoms with Crippen molar-refractivity contribution in [3.8, 4) is 0 Å². The van der Waals surface area contributed by atoms with Gasteiger partial charge in [-0.2, -0.15) is 0 Å². The van der Waals surface area contributed by atoms with Crippen LogP contribution in [0.15, 0.2) is 10.9 Å². The first kappa shape index (κ1) is 12.1. The molecule has 0 unspecified atom stereocenters. The van der Waals surface area contributed by atoms with Crippen LogP contribution in [0.25, 0.3) is 0 Å². The van der Waals surface area contributed by atoms with Gasteiger partial charge in [-0.1, -0.05) is 13.8 Å². The third kappa shape index (κ3) is 3.85. The summed E-state index contributed by atoms with van der Waals surface area (Å²) in [5.74, 6) is 1.62. The van der Waals surface area contributed by atoms with Crippen LogP contribution in [0.4, 0.5) is 5.82 Å². The molecule has 2 rings (SSSR count). The summed E-state index contributed by atoms with van der Waals surface area (Å²) in [5.41, 5.74) is -0.0960. The van der Waals surface area contributed by atoms with Crippen LogP contribution in [0.5, 0.6) is 0 Å². The van der Waals surface area contributed by atoms with E-state index < -0.39 is 0 Å². The second-order valence-corrected chi connectivity index (χ2v) is 4.83. The van der Waals surface area contributed by atoms with E-state index in [4.69, 9.17) is 0 Å². The molecule has 1 aromatic heterocycles. The summed E-state index contributed by atoms with van der Waals surface area (Å²) in [4.78, 5) is 18.5. The van der Waals surface area contributed by atoms with Crippen molar-refractivity contribution in [2.24, 2.45) is 0 Å². The van der Waals surface area contributed by atoms with Crippen LogP contribution in [-0.4, -0.2) is 29.1 Å². The van der Waals surface area contributed by atoms with E-state index in [0.717, 1.165) is 25.0 Å². The minimum atomic E-state index is -0.0960. The number of aromatic nitrogens is 2. The molecule has 17 heavy (non-hydrogen) atoms. The molecule has 5 heteroatoms. The van der Waals surface area contributed by atoms with Gasteiger partial charge < -0.3 is 15.6 Å². The molecule has 0 bridgehead atoms. The third-order valence-electron chi connectivity index (χ3n) is 2.75. The Balaban J connectivity index is 1.87. The van der Waals surface area contributed by atoms with Gasteiger partial charge in [0, 0.05) is 31.1 Å². The lowest BCUT2D eigenvalue weighted by atomic mass is 10.2. The summed E-state index contributed by atoms with van der Waals surface area (Å²) >= 11 is 0. The van der Waals surface area contributed by atoms with Crippen LogP contribution in [0.2, 0.25) is 0 Å². The van der Waals surface area contributed by atoms with Gasteiger partial charge in [0.15, 0.2) is 0 Å². The van der Waals surface area contributed by atoms with Crippen LogP contribution in [0.3, 0.4) is 0 Å². The van der Waals surface area contributed by atoms with Crippen molar-refractivity contribution < 1.29 is 0 Å². The monoisotopic (exact) mass is 236 g/mol. The molecule has 0 saturated heterocycles. The molecule has 5 nitrogen and oxygen atoms in total. The highest BCUT2D eigenvalue weighted by atomic mass is 16.1. The predicted molar refractivity (Wildman–Crippen MR) is 68.5 cm³/mol. The molecule has 1 fully saturated rings. The van der Waals surface area contributed by atoms with E-state index in [0.29, 0.717) is 5.82 Å². The second-order valence-electron chi connectivity index (χ2n) is 4.83. The Morgan fingerprint density at radius 2 is 2.24 bits per heavy atom. The van der Waals surface area contributed by atoms with E-state index in [9.17, 15) is 4.79 Å². The normalized spacial score (nSPS) is 15.2. The molecule has 0 spiro atoms. The zero-order valence-electron chi connectivity index (χ0n) is 10.4. The number of H-pyrrole nitrogens is 1. The molecular formula is C12H20N4O. The molecule has 1 saturated carbocycles. The van der Waals surface area contributed by atoms with Crippen molar-refractivity contribution in [3.05, 3.63) is 22.2 Å². The number of anilines is 1. The summed E-state index contributed by atoms with van der Waals surface area (Å²) < 4.78 is 0. The summed E-state index contributed by atoms with van der Waals surface area (Å²) in [5, 5.41) is 6.57. The molecule has 1 aliphatic carbocycles. The van der Waals surface area contributed by atoms with Gasteiger partial charge in [-0.25, -0.2) is 4.98 Å². The van der Waals surface area contributed by atoms with Gasteiger partial charge in [-0.15, -0.1) is 0 Å². The molecule has 3 N–H and O–H groups in total. The number of nitrogens with one attached hydrogen (secondary N) is 3. The number of rotatable bonds is 6. The first-order valence-corrected chi connectivity index (χ1v) is 6.23. The minimum Gasteiger partial charge on any atom is -0.369 e. The van der Waals surface area contributed by atoms with Crippen LogP contribution < -0.4 is 16.2 Å². The molecule has 1 heterocycles. The molecular weight excluding hydrogens is 216 g/mol. The number of nitrogens with zero attached hydrogens (tertiary/aromatic N) is 1. The van der Waals surface area contributed by atoms with Crippen molar-refractivity contribution >= 4 is 5.82 Å². The highest BCUT2D eigenvalue weighted by Gasteiger charge is 2.19. The van der Waals surface area contributed by atoms with Gasteiger partial charge in [0.2, 0.25) is 0 Å². The Hall–Kier alpha value is -1.36. The molecule has 0 amide bonds. The fourth-order valence-electron chi connectivity index (χ4n) is 1.59. The maximum absolute atomic E-state index is 11.4. The highest BCUT2D eigenvalue weighted by molar-refractivity contribution is 5.33. The molecule has 0 aliphatic heterocycles. The number of hydrogen-bond acceptors (Lipinski definition) is 4. The van der Waals surface area contributed by atoms with Crippen molar-refractivity contribution in [2.45, 2.75) is 38.6 Å². The van der Waals surface area contributed by atoms with E-state index in [1.807, 2.05) is 13.8 Å².